The van der Waals surface area contributed by atoms with Crippen LogP contribution >= 0.6 is 0 Å². The van der Waals surface area contributed by atoms with Gasteiger partial charge in [0.15, 0.2) is 0 Å². The van der Waals surface area contributed by atoms with Gasteiger partial charge in [-0.2, -0.15) is 0 Å². The summed E-state index contributed by atoms with van der Waals surface area (Å²) in [7, 11) is 3.22. The maximum atomic E-state index is 8.80. The predicted octanol–water partition coefficient (Wildman–Crippen LogP) is 2.28. The molecule has 0 fully saturated rings. The van der Waals surface area contributed by atoms with Gasteiger partial charge in [-0.05, 0) is 24.6 Å². The van der Waals surface area contributed by atoms with Gasteiger partial charge in [-0.3, -0.25) is 0 Å². The predicted molar refractivity (Wildman–Crippen MR) is 70.4 cm³/mol. The number of ether oxygens (including phenoxy) is 2. The van der Waals surface area contributed by atoms with Crippen molar-refractivity contribution in [3.8, 4) is 22.8 Å². The SMILES string of the molecule is COc1ccc(OC)c(-c2cc(CCCO)on2)c1. The van der Waals surface area contributed by atoms with Gasteiger partial charge in [-0.1, -0.05) is 5.16 Å². The van der Waals surface area contributed by atoms with E-state index >= 15 is 0 Å². The topological polar surface area (TPSA) is 64.7 Å². The molecule has 0 spiro atoms. The fraction of sp³-hybridized carbons (Fsp3) is 0.357. The largest absolute Gasteiger partial charge is 0.497 e. The van der Waals surface area contributed by atoms with Crippen molar-refractivity contribution in [2.75, 3.05) is 20.8 Å². The van der Waals surface area contributed by atoms with Crippen molar-refractivity contribution in [3.63, 3.8) is 0 Å². The number of hydrogen-bond donors (Lipinski definition) is 1. The minimum absolute atomic E-state index is 0.137. The van der Waals surface area contributed by atoms with Crippen molar-refractivity contribution in [2.24, 2.45) is 0 Å². The highest BCUT2D eigenvalue weighted by atomic mass is 16.5. The lowest BCUT2D eigenvalue weighted by Gasteiger charge is -2.07. The van der Waals surface area contributed by atoms with E-state index in [9.17, 15) is 0 Å². The van der Waals surface area contributed by atoms with Gasteiger partial charge in [0.2, 0.25) is 0 Å². The number of hydrogen-bond acceptors (Lipinski definition) is 5. The molecule has 2 aromatic rings. The molecule has 1 aromatic heterocycles. The lowest BCUT2D eigenvalue weighted by Crippen LogP contribution is -1.90. The highest BCUT2D eigenvalue weighted by Gasteiger charge is 2.12. The van der Waals surface area contributed by atoms with E-state index in [2.05, 4.69) is 5.16 Å². The first-order valence-electron chi connectivity index (χ1n) is 6.07. The molecule has 19 heavy (non-hydrogen) atoms. The van der Waals surface area contributed by atoms with Crippen molar-refractivity contribution in [3.05, 3.63) is 30.0 Å². The first-order valence-corrected chi connectivity index (χ1v) is 6.07. The minimum atomic E-state index is 0.137. The average molecular weight is 263 g/mol. The van der Waals surface area contributed by atoms with E-state index in [0.717, 1.165) is 17.1 Å². The third kappa shape index (κ3) is 3.06. The van der Waals surface area contributed by atoms with Gasteiger partial charge in [-0.25, -0.2) is 0 Å². The van der Waals surface area contributed by atoms with Crippen LogP contribution < -0.4 is 9.47 Å². The Morgan fingerprint density at radius 2 is 2.05 bits per heavy atom. The van der Waals surface area contributed by atoms with E-state index in [1.165, 1.54) is 0 Å². The molecule has 0 unspecified atom stereocenters. The smallest absolute Gasteiger partial charge is 0.137 e. The molecule has 1 heterocycles. The van der Waals surface area contributed by atoms with Crippen molar-refractivity contribution >= 4 is 0 Å². The number of rotatable bonds is 6. The quantitative estimate of drug-likeness (QED) is 0.866. The Labute approximate surface area is 111 Å². The summed E-state index contributed by atoms with van der Waals surface area (Å²) in [6.07, 6.45) is 1.32. The molecular weight excluding hydrogens is 246 g/mol. The standard InChI is InChI=1S/C14H17NO4/c1-17-10-5-6-14(18-2)12(8-10)13-9-11(19-15-13)4-3-7-16/h5-6,8-9,16H,3-4,7H2,1-2H3. The maximum absolute atomic E-state index is 8.80. The van der Waals surface area contributed by atoms with Gasteiger partial charge < -0.3 is 19.1 Å². The van der Waals surface area contributed by atoms with Crippen molar-refractivity contribution < 1.29 is 19.1 Å². The first-order chi connectivity index (χ1) is 9.28. The number of benzene rings is 1. The van der Waals surface area contributed by atoms with Crippen LogP contribution in [-0.2, 0) is 6.42 Å². The third-order valence-corrected chi connectivity index (χ3v) is 2.82. The summed E-state index contributed by atoms with van der Waals surface area (Å²) in [5, 5.41) is 12.8. The van der Waals surface area contributed by atoms with E-state index in [1.54, 1.807) is 14.2 Å². The zero-order chi connectivity index (χ0) is 13.7. The molecule has 5 nitrogen and oxygen atoms in total. The Morgan fingerprint density at radius 1 is 1.21 bits per heavy atom. The summed E-state index contributed by atoms with van der Waals surface area (Å²) in [5.41, 5.74) is 1.52. The van der Waals surface area contributed by atoms with Gasteiger partial charge in [0.1, 0.15) is 23.0 Å². The maximum Gasteiger partial charge on any atom is 0.137 e. The normalized spacial score (nSPS) is 10.5. The summed E-state index contributed by atoms with van der Waals surface area (Å²) in [6, 6.07) is 7.37. The molecule has 1 aromatic carbocycles. The van der Waals surface area contributed by atoms with Gasteiger partial charge >= 0.3 is 0 Å². The minimum Gasteiger partial charge on any atom is -0.497 e. The summed E-state index contributed by atoms with van der Waals surface area (Å²) >= 11 is 0. The van der Waals surface area contributed by atoms with Crippen LogP contribution in [0, 0.1) is 0 Å². The molecule has 0 saturated heterocycles. The number of nitrogens with zero attached hydrogens (tertiary/aromatic N) is 1. The second-order valence-electron chi connectivity index (χ2n) is 4.07. The Hall–Kier alpha value is -2.01. The zero-order valence-corrected chi connectivity index (χ0v) is 11.0. The van der Waals surface area contributed by atoms with Crippen LogP contribution in [0.3, 0.4) is 0 Å². The molecule has 0 aliphatic rings. The van der Waals surface area contributed by atoms with Crippen LogP contribution in [0.15, 0.2) is 28.8 Å². The summed E-state index contributed by atoms with van der Waals surface area (Å²) in [4.78, 5) is 0. The molecule has 0 aliphatic heterocycles. The van der Waals surface area contributed by atoms with Crippen LogP contribution in [0.2, 0.25) is 0 Å². The number of aliphatic hydroxyl groups is 1. The van der Waals surface area contributed by atoms with Gasteiger partial charge in [0.25, 0.3) is 0 Å². The average Bonchev–Trinajstić information content (AvgIpc) is 2.93. The molecule has 0 aliphatic carbocycles. The Bertz CT molecular complexity index is 536. The molecule has 2 rings (SSSR count). The number of aromatic nitrogens is 1. The highest BCUT2D eigenvalue weighted by Crippen LogP contribution is 2.33. The monoisotopic (exact) mass is 263 g/mol. The molecule has 102 valence electrons. The first kappa shape index (κ1) is 13.4. The van der Waals surface area contributed by atoms with Crippen LogP contribution in [-0.4, -0.2) is 31.1 Å². The molecule has 0 saturated carbocycles. The van der Waals surface area contributed by atoms with Crippen molar-refractivity contribution in [1.82, 2.24) is 5.16 Å². The summed E-state index contributed by atoms with van der Waals surface area (Å²) in [6.45, 7) is 0.137. The lowest BCUT2D eigenvalue weighted by molar-refractivity contribution is 0.280. The van der Waals surface area contributed by atoms with E-state index in [1.807, 2.05) is 24.3 Å². The van der Waals surface area contributed by atoms with Crippen LogP contribution in [0.25, 0.3) is 11.3 Å². The lowest BCUT2D eigenvalue weighted by atomic mass is 10.1. The van der Waals surface area contributed by atoms with Crippen LogP contribution in [0.4, 0.5) is 0 Å². The van der Waals surface area contributed by atoms with E-state index in [0.29, 0.717) is 24.3 Å². The van der Waals surface area contributed by atoms with E-state index < -0.39 is 0 Å². The van der Waals surface area contributed by atoms with Crippen LogP contribution in [0.1, 0.15) is 12.2 Å². The van der Waals surface area contributed by atoms with Crippen molar-refractivity contribution in [1.29, 1.82) is 0 Å². The fourth-order valence-corrected chi connectivity index (χ4v) is 1.83. The number of aryl methyl sites for hydroxylation is 1. The Morgan fingerprint density at radius 3 is 2.74 bits per heavy atom. The van der Waals surface area contributed by atoms with Gasteiger partial charge in [0.05, 0.1) is 14.2 Å². The molecule has 5 heteroatoms. The van der Waals surface area contributed by atoms with Gasteiger partial charge in [-0.15, -0.1) is 0 Å². The van der Waals surface area contributed by atoms with Crippen molar-refractivity contribution in [2.45, 2.75) is 12.8 Å². The van der Waals surface area contributed by atoms with Gasteiger partial charge in [0, 0.05) is 24.7 Å². The molecule has 1 N–H and O–H groups in total. The Balaban J connectivity index is 2.31. The second kappa shape index (κ2) is 6.24. The van der Waals surface area contributed by atoms with Crippen LogP contribution in [0.5, 0.6) is 11.5 Å². The molecule has 0 amide bonds. The number of aliphatic hydroxyl groups excluding tert-OH is 1. The van der Waals surface area contributed by atoms with E-state index in [-0.39, 0.29) is 6.61 Å². The summed E-state index contributed by atoms with van der Waals surface area (Å²) in [5.74, 6) is 2.19. The second-order valence-corrected chi connectivity index (χ2v) is 4.07. The Kier molecular flexibility index (Phi) is 4.41. The highest BCUT2D eigenvalue weighted by molar-refractivity contribution is 5.68. The fourth-order valence-electron chi connectivity index (χ4n) is 1.83. The zero-order valence-electron chi connectivity index (χ0n) is 11.0. The van der Waals surface area contributed by atoms with E-state index in [4.69, 9.17) is 19.1 Å². The number of methoxy groups -OCH3 is 2. The molecular formula is C14H17NO4. The third-order valence-electron chi connectivity index (χ3n) is 2.82. The summed E-state index contributed by atoms with van der Waals surface area (Å²) < 4.78 is 15.7. The molecule has 0 bridgehead atoms. The molecule has 0 radical (unpaired) electrons. The molecule has 0 atom stereocenters.